The number of amides is 2. The molecule has 0 bridgehead atoms. The number of anilines is 1. The van der Waals surface area contributed by atoms with Gasteiger partial charge < -0.3 is 15.2 Å². The molecule has 0 radical (unpaired) electrons. The van der Waals surface area contributed by atoms with E-state index in [4.69, 9.17) is 0 Å². The first-order valence-electron chi connectivity index (χ1n) is 9.63. The Morgan fingerprint density at radius 3 is 2.70 bits per heavy atom. The summed E-state index contributed by atoms with van der Waals surface area (Å²) in [7, 11) is 0. The minimum atomic E-state index is -0.269. The largest absolute Gasteiger partial charge is 0.350 e. The van der Waals surface area contributed by atoms with Crippen molar-refractivity contribution in [3.8, 4) is 0 Å². The molecule has 0 aliphatic carbocycles. The van der Waals surface area contributed by atoms with Crippen LogP contribution in [0.2, 0.25) is 0 Å². The first-order chi connectivity index (χ1) is 12.9. The molecular weight excluding hydrogens is 340 g/mol. The lowest BCUT2D eigenvalue weighted by Crippen LogP contribution is -2.29. The second-order valence-corrected chi connectivity index (χ2v) is 7.64. The Labute approximate surface area is 160 Å². The Morgan fingerprint density at radius 2 is 1.96 bits per heavy atom. The van der Waals surface area contributed by atoms with Gasteiger partial charge in [-0.2, -0.15) is 0 Å². The molecule has 27 heavy (non-hydrogen) atoms. The van der Waals surface area contributed by atoms with Crippen molar-refractivity contribution in [1.29, 1.82) is 0 Å². The monoisotopic (exact) mass is 368 g/mol. The number of benzene rings is 1. The van der Waals surface area contributed by atoms with E-state index in [9.17, 15) is 9.59 Å². The molecule has 6 heteroatoms. The van der Waals surface area contributed by atoms with Gasteiger partial charge in [0.25, 0.3) is 11.8 Å². The summed E-state index contributed by atoms with van der Waals surface area (Å²) in [4.78, 5) is 30.0. The van der Waals surface area contributed by atoms with Crippen molar-refractivity contribution in [2.24, 2.45) is 5.92 Å². The fourth-order valence-corrected chi connectivity index (χ4v) is 3.34. The smallest absolute Gasteiger partial charge is 0.291 e. The molecule has 0 unspecified atom stereocenters. The van der Waals surface area contributed by atoms with Crippen LogP contribution in [-0.2, 0) is 13.0 Å². The topological polar surface area (TPSA) is 76.0 Å². The molecule has 2 N–H and O–H groups in total. The zero-order valence-corrected chi connectivity index (χ0v) is 16.6. The van der Waals surface area contributed by atoms with Gasteiger partial charge in [-0.15, -0.1) is 0 Å². The number of hydrogen-bond acceptors (Lipinski definition) is 3. The summed E-state index contributed by atoms with van der Waals surface area (Å²) in [5.41, 5.74) is 4.19. The molecule has 1 aromatic carbocycles. The van der Waals surface area contributed by atoms with Crippen LogP contribution in [0.3, 0.4) is 0 Å². The molecule has 0 spiro atoms. The quantitative estimate of drug-likeness (QED) is 0.848. The average Bonchev–Trinajstić information content (AvgIpc) is 3.03. The summed E-state index contributed by atoms with van der Waals surface area (Å²) in [6.07, 6.45) is 2.77. The Morgan fingerprint density at radius 1 is 1.19 bits per heavy atom. The first kappa shape index (κ1) is 19.1. The van der Waals surface area contributed by atoms with Crippen molar-refractivity contribution in [2.45, 2.75) is 53.5 Å². The van der Waals surface area contributed by atoms with Crippen LogP contribution in [0.5, 0.6) is 0 Å². The predicted molar refractivity (Wildman–Crippen MR) is 106 cm³/mol. The number of rotatable bonds is 5. The maximum atomic E-state index is 12.9. The standard InChI is InChI=1S/C21H28N4O2/c1-13(2)12-22-20(26)18-17-10-5-6-11-25(17)19(24-18)21(27)23-16-9-7-8-14(3)15(16)4/h7-9,13H,5-6,10-12H2,1-4H3,(H,22,26)(H,23,27). The van der Waals surface area contributed by atoms with Gasteiger partial charge in [0.1, 0.15) is 5.69 Å². The van der Waals surface area contributed by atoms with Crippen LogP contribution in [0.25, 0.3) is 0 Å². The molecule has 0 fully saturated rings. The van der Waals surface area contributed by atoms with E-state index in [1.54, 1.807) is 0 Å². The summed E-state index contributed by atoms with van der Waals surface area (Å²) < 4.78 is 1.91. The molecule has 1 aromatic heterocycles. The maximum absolute atomic E-state index is 12.9. The van der Waals surface area contributed by atoms with Gasteiger partial charge in [-0.1, -0.05) is 26.0 Å². The van der Waals surface area contributed by atoms with Crippen molar-refractivity contribution in [3.05, 3.63) is 46.5 Å². The van der Waals surface area contributed by atoms with Crippen LogP contribution in [0, 0.1) is 19.8 Å². The van der Waals surface area contributed by atoms with Gasteiger partial charge >= 0.3 is 0 Å². The van der Waals surface area contributed by atoms with Crippen molar-refractivity contribution in [3.63, 3.8) is 0 Å². The molecule has 0 saturated heterocycles. The number of hydrogen-bond donors (Lipinski definition) is 2. The normalized spacial score (nSPS) is 13.4. The predicted octanol–water partition coefficient (Wildman–Crippen LogP) is 3.47. The van der Waals surface area contributed by atoms with Crippen LogP contribution in [0.4, 0.5) is 5.69 Å². The molecule has 1 aliphatic rings. The van der Waals surface area contributed by atoms with E-state index in [2.05, 4.69) is 15.6 Å². The van der Waals surface area contributed by atoms with Gasteiger partial charge in [0.15, 0.2) is 5.82 Å². The lowest BCUT2D eigenvalue weighted by molar-refractivity contribution is 0.0943. The second kappa shape index (κ2) is 7.94. The molecule has 3 rings (SSSR count). The molecular formula is C21H28N4O2. The summed E-state index contributed by atoms with van der Waals surface area (Å²) in [6.45, 7) is 9.40. The Bertz CT molecular complexity index is 867. The minimum Gasteiger partial charge on any atom is -0.350 e. The number of imidazole rings is 1. The van der Waals surface area contributed by atoms with Gasteiger partial charge in [0.05, 0.1) is 5.69 Å². The maximum Gasteiger partial charge on any atom is 0.291 e. The zero-order valence-electron chi connectivity index (χ0n) is 16.6. The van der Waals surface area contributed by atoms with E-state index in [0.717, 1.165) is 48.3 Å². The highest BCUT2D eigenvalue weighted by Crippen LogP contribution is 2.23. The highest BCUT2D eigenvalue weighted by molar-refractivity contribution is 6.04. The van der Waals surface area contributed by atoms with E-state index < -0.39 is 0 Å². The van der Waals surface area contributed by atoms with Crippen LogP contribution >= 0.6 is 0 Å². The fraction of sp³-hybridized carbons (Fsp3) is 0.476. The highest BCUT2D eigenvalue weighted by atomic mass is 16.2. The summed E-state index contributed by atoms with van der Waals surface area (Å²) in [5.74, 6) is 0.217. The van der Waals surface area contributed by atoms with Crippen molar-refractivity contribution in [1.82, 2.24) is 14.9 Å². The van der Waals surface area contributed by atoms with Crippen molar-refractivity contribution >= 4 is 17.5 Å². The number of carbonyl (C=O) groups is 2. The number of aromatic nitrogens is 2. The second-order valence-electron chi connectivity index (χ2n) is 7.64. The number of nitrogens with zero attached hydrogens (tertiary/aromatic N) is 2. The highest BCUT2D eigenvalue weighted by Gasteiger charge is 2.27. The first-order valence-corrected chi connectivity index (χ1v) is 9.63. The number of carbonyl (C=O) groups excluding carboxylic acids is 2. The molecule has 0 atom stereocenters. The number of fused-ring (bicyclic) bond motifs is 1. The van der Waals surface area contributed by atoms with Crippen molar-refractivity contribution in [2.75, 3.05) is 11.9 Å². The third-order valence-electron chi connectivity index (χ3n) is 5.06. The molecule has 2 heterocycles. The van der Waals surface area contributed by atoms with E-state index in [1.165, 1.54) is 0 Å². The number of aryl methyl sites for hydroxylation is 1. The van der Waals surface area contributed by atoms with Gasteiger partial charge in [-0.05, 0) is 56.2 Å². The van der Waals surface area contributed by atoms with Crippen LogP contribution < -0.4 is 10.6 Å². The average molecular weight is 368 g/mol. The molecule has 1 aliphatic heterocycles. The van der Waals surface area contributed by atoms with Gasteiger partial charge in [0, 0.05) is 18.8 Å². The lowest BCUT2D eigenvalue weighted by atomic mass is 10.1. The molecule has 144 valence electrons. The lowest BCUT2D eigenvalue weighted by Gasteiger charge is -2.17. The zero-order chi connectivity index (χ0) is 19.6. The van der Waals surface area contributed by atoms with E-state index in [-0.39, 0.29) is 11.8 Å². The summed E-state index contributed by atoms with van der Waals surface area (Å²) >= 11 is 0. The fourth-order valence-electron chi connectivity index (χ4n) is 3.34. The SMILES string of the molecule is Cc1cccc(NC(=O)c2nc(C(=O)NCC(C)C)c3n2CCCC3)c1C. The van der Waals surface area contributed by atoms with Gasteiger partial charge in [-0.25, -0.2) is 4.98 Å². The van der Waals surface area contributed by atoms with Crippen molar-refractivity contribution < 1.29 is 9.59 Å². The molecule has 2 amide bonds. The third-order valence-corrected chi connectivity index (χ3v) is 5.06. The van der Waals surface area contributed by atoms with Crippen LogP contribution in [-0.4, -0.2) is 27.9 Å². The molecule has 6 nitrogen and oxygen atoms in total. The Balaban J connectivity index is 1.90. The van der Waals surface area contributed by atoms with Crippen LogP contribution in [0.15, 0.2) is 18.2 Å². The Hall–Kier alpha value is -2.63. The summed E-state index contributed by atoms with van der Waals surface area (Å²) in [5, 5.41) is 5.89. The Kier molecular flexibility index (Phi) is 5.63. The van der Waals surface area contributed by atoms with E-state index in [0.29, 0.717) is 24.0 Å². The van der Waals surface area contributed by atoms with E-state index >= 15 is 0 Å². The van der Waals surface area contributed by atoms with Gasteiger partial charge in [-0.3, -0.25) is 9.59 Å². The molecule has 2 aromatic rings. The minimum absolute atomic E-state index is 0.194. The summed E-state index contributed by atoms with van der Waals surface area (Å²) in [6, 6.07) is 5.82. The third kappa shape index (κ3) is 4.04. The van der Waals surface area contributed by atoms with E-state index in [1.807, 2.05) is 50.5 Å². The molecule has 0 saturated carbocycles. The van der Waals surface area contributed by atoms with Gasteiger partial charge in [0.2, 0.25) is 0 Å². The number of nitrogens with one attached hydrogen (secondary N) is 2. The van der Waals surface area contributed by atoms with Crippen LogP contribution in [0.1, 0.15) is 64.6 Å².